The number of amides is 1. The molecule has 0 radical (unpaired) electrons. The molecular weight excluding hydrogens is 242 g/mol. The largest absolute Gasteiger partial charge is 0.436 e. The van der Waals surface area contributed by atoms with Gasteiger partial charge < -0.3 is 15.1 Å². The maximum Gasteiger partial charge on any atom is 0.291 e. The molecule has 5 heteroatoms. The maximum absolute atomic E-state index is 12.5. The highest BCUT2D eigenvalue weighted by Gasteiger charge is 2.41. The number of likely N-dealkylation sites (tertiary alicyclic amines) is 1. The molecule has 104 valence electrons. The van der Waals surface area contributed by atoms with Crippen LogP contribution in [0.3, 0.4) is 0 Å². The van der Waals surface area contributed by atoms with Crippen molar-refractivity contribution in [3.63, 3.8) is 0 Å². The van der Waals surface area contributed by atoms with Gasteiger partial charge in [-0.15, -0.1) is 0 Å². The van der Waals surface area contributed by atoms with Gasteiger partial charge >= 0.3 is 0 Å². The van der Waals surface area contributed by atoms with Gasteiger partial charge in [0, 0.05) is 26.1 Å². The number of hydrogen-bond donors (Lipinski definition) is 1. The van der Waals surface area contributed by atoms with E-state index in [4.69, 9.17) is 10.2 Å². The summed E-state index contributed by atoms with van der Waals surface area (Å²) in [6.07, 6.45) is 3.46. The van der Waals surface area contributed by atoms with Crippen LogP contribution < -0.4 is 5.73 Å². The summed E-state index contributed by atoms with van der Waals surface area (Å²) in [6.45, 7) is 5.17. The minimum atomic E-state index is -0.0281. The predicted molar refractivity (Wildman–Crippen MR) is 70.7 cm³/mol. The van der Waals surface area contributed by atoms with Gasteiger partial charge in [-0.05, 0) is 31.6 Å². The number of nitrogens with two attached hydrogens (primary N) is 1. The van der Waals surface area contributed by atoms with Crippen molar-refractivity contribution in [2.75, 3.05) is 13.1 Å². The summed E-state index contributed by atoms with van der Waals surface area (Å²) in [5.41, 5.74) is 6.86. The standard InChI is InChI=1S/C14H21N3O2/c1-8-13(19-9(2)16-8)14(18)17-6-10-4-3-5-12(15)11(10)7-17/h10-12H,3-7,15H2,1-2H3. The Balaban J connectivity index is 1.77. The van der Waals surface area contributed by atoms with E-state index in [0.717, 1.165) is 19.5 Å². The molecule has 1 aromatic rings. The smallest absolute Gasteiger partial charge is 0.291 e. The summed E-state index contributed by atoms with van der Waals surface area (Å²) in [5, 5.41) is 0. The highest BCUT2D eigenvalue weighted by atomic mass is 16.4. The fourth-order valence-electron chi connectivity index (χ4n) is 3.56. The van der Waals surface area contributed by atoms with Gasteiger partial charge in [-0.1, -0.05) is 6.42 Å². The normalized spacial score (nSPS) is 30.5. The van der Waals surface area contributed by atoms with E-state index in [1.165, 1.54) is 12.8 Å². The van der Waals surface area contributed by atoms with Crippen molar-refractivity contribution in [1.29, 1.82) is 0 Å². The molecule has 0 aromatic carbocycles. The number of oxazole rings is 1. The fraction of sp³-hybridized carbons (Fsp3) is 0.714. The minimum Gasteiger partial charge on any atom is -0.436 e. The molecule has 2 N–H and O–H groups in total. The van der Waals surface area contributed by atoms with Crippen LogP contribution in [0.4, 0.5) is 0 Å². The zero-order valence-corrected chi connectivity index (χ0v) is 11.6. The zero-order valence-electron chi connectivity index (χ0n) is 11.6. The predicted octanol–water partition coefficient (Wildman–Crippen LogP) is 1.49. The summed E-state index contributed by atoms with van der Waals surface area (Å²) in [5.74, 6) is 1.94. The maximum atomic E-state index is 12.5. The van der Waals surface area contributed by atoms with Crippen LogP contribution in [0.2, 0.25) is 0 Å². The summed E-state index contributed by atoms with van der Waals surface area (Å²) >= 11 is 0. The highest BCUT2D eigenvalue weighted by Crippen LogP contribution is 2.36. The number of aryl methyl sites for hydroxylation is 2. The van der Waals surface area contributed by atoms with Crippen molar-refractivity contribution < 1.29 is 9.21 Å². The Morgan fingerprint density at radius 2 is 2.16 bits per heavy atom. The van der Waals surface area contributed by atoms with E-state index in [0.29, 0.717) is 29.2 Å². The van der Waals surface area contributed by atoms with E-state index in [1.807, 2.05) is 11.8 Å². The van der Waals surface area contributed by atoms with Crippen LogP contribution in [0, 0.1) is 25.7 Å². The lowest BCUT2D eigenvalue weighted by Gasteiger charge is -2.29. The Kier molecular flexibility index (Phi) is 3.09. The third-order valence-corrected chi connectivity index (χ3v) is 4.54. The van der Waals surface area contributed by atoms with Crippen molar-refractivity contribution >= 4 is 5.91 Å². The van der Waals surface area contributed by atoms with Gasteiger partial charge in [-0.2, -0.15) is 0 Å². The lowest BCUT2D eigenvalue weighted by Crippen LogP contribution is -2.38. The monoisotopic (exact) mass is 263 g/mol. The second-order valence-corrected chi connectivity index (χ2v) is 5.88. The van der Waals surface area contributed by atoms with Crippen LogP contribution in [-0.4, -0.2) is 34.9 Å². The first-order chi connectivity index (χ1) is 9.06. The quantitative estimate of drug-likeness (QED) is 0.833. The Morgan fingerprint density at radius 1 is 1.37 bits per heavy atom. The summed E-state index contributed by atoms with van der Waals surface area (Å²) in [7, 11) is 0. The average molecular weight is 263 g/mol. The second-order valence-electron chi connectivity index (χ2n) is 5.88. The number of carbonyl (C=O) groups excluding carboxylic acids is 1. The van der Waals surface area contributed by atoms with Crippen LogP contribution in [0.1, 0.15) is 41.4 Å². The highest BCUT2D eigenvalue weighted by molar-refractivity contribution is 5.92. The van der Waals surface area contributed by atoms with Crippen LogP contribution in [0.15, 0.2) is 4.42 Å². The lowest BCUT2D eigenvalue weighted by molar-refractivity contribution is 0.0749. The van der Waals surface area contributed by atoms with Gasteiger partial charge in [0.05, 0.1) is 5.69 Å². The van der Waals surface area contributed by atoms with Crippen molar-refractivity contribution in [2.45, 2.75) is 39.2 Å². The number of fused-ring (bicyclic) bond motifs is 1. The van der Waals surface area contributed by atoms with Gasteiger partial charge in [-0.25, -0.2) is 4.98 Å². The van der Waals surface area contributed by atoms with Gasteiger partial charge in [0.1, 0.15) is 0 Å². The summed E-state index contributed by atoms with van der Waals surface area (Å²) < 4.78 is 5.44. The van der Waals surface area contributed by atoms with E-state index in [1.54, 1.807) is 6.92 Å². The first-order valence-corrected chi connectivity index (χ1v) is 7.05. The van der Waals surface area contributed by atoms with E-state index in [2.05, 4.69) is 4.98 Å². The number of nitrogens with zero attached hydrogens (tertiary/aromatic N) is 2. The Labute approximate surface area is 113 Å². The SMILES string of the molecule is Cc1nc(C)c(C(=O)N2CC3CCCC(N)C3C2)o1. The molecule has 3 rings (SSSR count). The third-order valence-electron chi connectivity index (χ3n) is 4.54. The molecule has 19 heavy (non-hydrogen) atoms. The molecule has 2 fully saturated rings. The number of rotatable bonds is 1. The summed E-state index contributed by atoms with van der Waals surface area (Å²) in [4.78, 5) is 18.5. The fourth-order valence-corrected chi connectivity index (χ4v) is 3.56. The van der Waals surface area contributed by atoms with Gasteiger partial charge in [0.2, 0.25) is 5.76 Å². The van der Waals surface area contributed by atoms with Gasteiger partial charge in [0.25, 0.3) is 5.91 Å². The van der Waals surface area contributed by atoms with Crippen LogP contribution in [0.5, 0.6) is 0 Å². The van der Waals surface area contributed by atoms with E-state index in [-0.39, 0.29) is 11.9 Å². The molecule has 2 heterocycles. The molecule has 0 spiro atoms. The molecule has 1 amide bonds. The Hall–Kier alpha value is -1.36. The van der Waals surface area contributed by atoms with Crippen molar-refractivity contribution in [1.82, 2.24) is 9.88 Å². The van der Waals surface area contributed by atoms with Crippen LogP contribution in [0.25, 0.3) is 0 Å². The molecule has 1 saturated heterocycles. The molecule has 2 aliphatic rings. The molecule has 1 aromatic heterocycles. The number of hydrogen-bond acceptors (Lipinski definition) is 4. The Morgan fingerprint density at radius 3 is 2.79 bits per heavy atom. The van der Waals surface area contributed by atoms with Crippen LogP contribution in [-0.2, 0) is 0 Å². The average Bonchev–Trinajstić information content (AvgIpc) is 2.93. The van der Waals surface area contributed by atoms with Crippen molar-refractivity contribution in [2.24, 2.45) is 17.6 Å². The molecule has 1 aliphatic heterocycles. The first-order valence-electron chi connectivity index (χ1n) is 7.05. The molecular formula is C14H21N3O2. The topological polar surface area (TPSA) is 72.4 Å². The number of carbonyl (C=O) groups is 1. The molecule has 5 nitrogen and oxygen atoms in total. The van der Waals surface area contributed by atoms with Gasteiger partial charge in [-0.3, -0.25) is 4.79 Å². The van der Waals surface area contributed by atoms with Crippen LogP contribution >= 0.6 is 0 Å². The van der Waals surface area contributed by atoms with Crippen molar-refractivity contribution in [3.8, 4) is 0 Å². The second kappa shape index (κ2) is 4.63. The van der Waals surface area contributed by atoms with Gasteiger partial charge in [0.15, 0.2) is 5.89 Å². The van der Waals surface area contributed by atoms with E-state index >= 15 is 0 Å². The van der Waals surface area contributed by atoms with E-state index < -0.39 is 0 Å². The molecule has 3 unspecified atom stereocenters. The first kappa shape index (κ1) is 12.7. The minimum absolute atomic E-state index is 0.0281. The molecule has 0 bridgehead atoms. The zero-order chi connectivity index (χ0) is 13.6. The van der Waals surface area contributed by atoms with Crippen molar-refractivity contribution in [3.05, 3.63) is 17.3 Å². The Bertz CT molecular complexity index is 497. The third kappa shape index (κ3) is 2.16. The molecule has 1 saturated carbocycles. The number of aromatic nitrogens is 1. The van der Waals surface area contributed by atoms with E-state index in [9.17, 15) is 4.79 Å². The summed E-state index contributed by atoms with van der Waals surface area (Å²) in [6, 6.07) is 0.245. The molecule has 1 aliphatic carbocycles. The molecule has 3 atom stereocenters. The lowest BCUT2D eigenvalue weighted by atomic mass is 9.78.